The van der Waals surface area contributed by atoms with Gasteiger partial charge in [0.2, 0.25) is 0 Å². The smallest absolute Gasteiger partial charge is 0.276 e. The van der Waals surface area contributed by atoms with Crippen molar-refractivity contribution in [2.24, 2.45) is 0 Å². The van der Waals surface area contributed by atoms with Crippen LogP contribution in [0.15, 0.2) is 58.2 Å². The van der Waals surface area contributed by atoms with Gasteiger partial charge in [-0.2, -0.15) is 0 Å². The van der Waals surface area contributed by atoms with Crippen LogP contribution in [0.5, 0.6) is 5.75 Å². The Kier molecular flexibility index (Phi) is 5.62. The average molecular weight is 409 g/mol. The first kappa shape index (κ1) is 19.2. The molecular weight excluding hydrogens is 390 g/mol. The Labute approximate surface area is 172 Å². The molecule has 2 aromatic carbocycles. The molecule has 8 heteroatoms. The van der Waals surface area contributed by atoms with Crippen molar-refractivity contribution >= 4 is 23.6 Å². The fraction of sp³-hybridized carbons (Fsp3) is 0.238. The van der Waals surface area contributed by atoms with E-state index in [4.69, 9.17) is 9.15 Å². The minimum absolute atomic E-state index is 0.200. The van der Waals surface area contributed by atoms with Gasteiger partial charge in [-0.05, 0) is 37.6 Å². The van der Waals surface area contributed by atoms with Gasteiger partial charge in [0.15, 0.2) is 6.61 Å². The number of hydrogen-bond acceptors (Lipinski definition) is 7. The lowest BCUT2D eigenvalue weighted by molar-refractivity contribution is 0.0655. The first-order chi connectivity index (χ1) is 14.1. The summed E-state index contributed by atoms with van der Waals surface area (Å²) in [6.07, 6.45) is 0.633. The van der Waals surface area contributed by atoms with Gasteiger partial charge in [-0.15, -0.1) is 10.2 Å². The van der Waals surface area contributed by atoms with E-state index in [1.165, 1.54) is 16.7 Å². The van der Waals surface area contributed by atoms with Gasteiger partial charge >= 0.3 is 0 Å². The number of fused-ring (bicyclic) bond motifs is 1. The molecule has 2 amide bonds. The third-order valence-electron chi connectivity index (χ3n) is 4.46. The molecule has 0 N–H and O–H groups in total. The van der Waals surface area contributed by atoms with Crippen LogP contribution in [0.25, 0.3) is 0 Å². The van der Waals surface area contributed by atoms with Gasteiger partial charge in [0.05, 0.1) is 11.1 Å². The molecule has 3 aromatic rings. The van der Waals surface area contributed by atoms with Crippen molar-refractivity contribution in [3.63, 3.8) is 0 Å². The Morgan fingerprint density at radius 1 is 1.00 bits per heavy atom. The van der Waals surface area contributed by atoms with E-state index in [2.05, 4.69) is 10.2 Å². The molecule has 148 valence electrons. The van der Waals surface area contributed by atoms with Crippen molar-refractivity contribution in [1.82, 2.24) is 15.1 Å². The molecule has 0 saturated heterocycles. The lowest BCUT2D eigenvalue weighted by Gasteiger charge is -2.12. The van der Waals surface area contributed by atoms with E-state index in [1.54, 1.807) is 24.3 Å². The van der Waals surface area contributed by atoms with Crippen LogP contribution >= 0.6 is 11.8 Å². The predicted octanol–water partition coefficient (Wildman–Crippen LogP) is 3.74. The minimum Gasteiger partial charge on any atom is -0.484 e. The van der Waals surface area contributed by atoms with Gasteiger partial charge in [0.25, 0.3) is 22.9 Å². The predicted molar refractivity (Wildman–Crippen MR) is 107 cm³/mol. The zero-order valence-electron chi connectivity index (χ0n) is 15.8. The average Bonchev–Trinajstić information content (AvgIpc) is 3.29. The number of thioether (sulfide) groups is 1. The number of aromatic nitrogens is 2. The van der Waals surface area contributed by atoms with E-state index >= 15 is 0 Å². The fourth-order valence-corrected chi connectivity index (χ4v) is 3.66. The fourth-order valence-electron chi connectivity index (χ4n) is 2.96. The summed E-state index contributed by atoms with van der Waals surface area (Å²) in [5, 5.41) is 8.41. The highest BCUT2D eigenvalue weighted by Crippen LogP contribution is 2.24. The number of carbonyl (C=O) groups is 2. The number of carbonyl (C=O) groups excluding carboxylic acids is 2. The lowest BCUT2D eigenvalue weighted by Crippen LogP contribution is -2.30. The molecule has 1 aromatic heterocycles. The zero-order valence-corrected chi connectivity index (χ0v) is 16.6. The van der Waals surface area contributed by atoms with Crippen LogP contribution in [0, 0.1) is 6.92 Å². The topological polar surface area (TPSA) is 85.5 Å². The second-order valence-corrected chi connectivity index (χ2v) is 7.62. The molecule has 4 rings (SSSR count). The Bertz CT molecular complexity index is 997. The van der Waals surface area contributed by atoms with Crippen molar-refractivity contribution in [3.8, 4) is 5.75 Å². The standard InChI is InChI=1S/C21H19N3O4S/c1-14-7-9-15(10-8-14)27-13-18-22-23-21(28-18)29-12-4-11-24-19(25)16-5-2-3-6-17(16)20(24)26/h2-3,5-10H,4,11-13H2,1H3. The quantitative estimate of drug-likeness (QED) is 0.318. The van der Waals surface area contributed by atoms with Crippen LogP contribution in [-0.4, -0.2) is 39.2 Å². The molecule has 0 bridgehead atoms. The third-order valence-corrected chi connectivity index (χ3v) is 5.37. The maximum absolute atomic E-state index is 12.3. The maximum atomic E-state index is 12.3. The second kappa shape index (κ2) is 8.48. The van der Waals surface area contributed by atoms with Crippen LogP contribution in [0.2, 0.25) is 0 Å². The van der Waals surface area contributed by atoms with E-state index < -0.39 is 0 Å². The van der Waals surface area contributed by atoms with Gasteiger partial charge < -0.3 is 9.15 Å². The van der Waals surface area contributed by atoms with E-state index in [0.29, 0.717) is 41.0 Å². The molecule has 0 saturated carbocycles. The maximum Gasteiger partial charge on any atom is 0.276 e. The summed E-state index contributed by atoms with van der Waals surface area (Å²) >= 11 is 1.39. The number of aryl methyl sites for hydroxylation is 1. The molecule has 29 heavy (non-hydrogen) atoms. The van der Waals surface area contributed by atoms with Crippen molar-refractivity contribution in [3.05, 3.63) is 71.1 Å². The number of hydrogen-bond donors (Lipinski definition) is 0. The van der Waals surface area contributed by atoms with Gasteiger partial charge in [-0.1, -0.05) is 41.6 Å². The summed E-state index contributed by atoms with van der Waals surface area (Å²) in [6, 6.07) is 14.6. The highest BCUT2D eigenvalue weighted by molar-refractivity contribution is 7.99. The van der Waals surface area contributed by atoms with Gasteiger partial charge in [-0.25, -0.2) is 0 Å². The molecule has 1 aliphatic rings. The van der Waals surface area contributed by atoms with Gasteiger partial charge in [-0.3, -0.25) is 14.5 Å². The second-order valence-electron chi connectivity index (χ2n) is 6.57. The summed E-state index contributed by atoms with van der Waals surface area (Å²) in [6.45, 7) is 2.57. The highest BCUT2D eigenvalue weighted by Gasteiger charge is 2.34. The SMILES string of the molecule is Cc1ccc(OCc2nnc(SCCCN3C(=O)c4ccccc4C3=O)o2)cc1. The monoisotopic (exact) mass is 409 g/mol. The number of rotatable bonds is 8. The highest BCUT2D eigenvalue weighted by atomic mass is 32.2. The van der Waals surface area contributed by atoms with Crippen molar-refractivity contribution < 1.29 is 18.7 Å². The van der Waals surface area contributed by atoms with E-state index in [1.807, 2.05) is 31.2 Å². The molecule has 0 unspecified atom stereocenters. The van der Waals surface area contributed by atoms with Gasteiger partial charge in [0, 0.05) is 12.3 Å². The van der Waals surface area contributed by atoms with E-state index in [-0.39, 0.29) is 18.4 Å². The molecule has 0 spiro atoms. The zero-order chi connectivity index (χ0) is 20.2. The molecule has 7 nitrogen and oxygen atoms in total. The summed E-state index contributed by atoms with van der Waals surface area (Å²) in [4.78, 5) is 25.9. The third kappa shape index (κ3) is 4.32. The molecule has 0 atom stereocenters. The van der Waals surface area contributed by atoms with Crippen LogP contribution in [-0.2, 0) is 6.61 Å². The van der Waals surface area contributed by atoms with Crippen LogP contribution in [0.4, 0.5) is 0 Å². The summed E-state index contributed by atoms with van der Waals surface area (Å²) in [7, 11) is 0. The van der Waals surface area contributed by atoms with Crippen LogP contribution in [0.3, 0.4) is 0 Å². The first-order valence-corrected chi connectivity index (χ1v) is 10.2. The summed E-state index contributed by atoms with van der Waals surface area (Å²) in [5.41, 5.74) is 2.11. The lowest BCUT2D eigenvalue weighted by atomic mass is 10.1. The first-order valence-electron chi connectivity index (χ1n) is 9.22. The normalized spacial score (nSPS) is 13.1. The molecule has 2 heterocycles. The molecule has 1 aliphatic heterocycles. The van der Waals surface area contributed by atoms with Crippen LogP contribution in [0.1, 0.15) is 38.6 Å². The summed E-state index contributed by atoms with van der Waals surface area (Å²) in [5.74, 6) is 1.32. The number of imide groups is 1. The van der Waals surface area contributed by atoms with Crippen LogP contribution < -0.4 is 4.74 Å². The minimum atomic E-state index is -0.232. The molecule has 0 aliphatic carbocycles. The van der Waals surface area contributed by atoms with Crippen molar-refractivity contribution in [2.75, 3.05) is 12.3 Å². The molecule has 0 radical (unpaired) electrons. The number of benzene rings is 2. The van der Waals surface area contributed by atoms with E-state index in [9.17, 15) is 9.59 Å². The van der Waals surface area contributed by atoms with Crippen molar-refractivity contribution in [1.29, 1.82) is 0 Å². The van der Waals surface area contributed by atoms with E-state index in [0.717, 1.165) is 11.3 Å². The largest absolute Gasteiger partial charge is 0.484 e. The number of ether oxygens (including phenoxy) is 1. The Hall–Kier alpha value is -3.13. The molecular formula is C21H19N3O4S. The van der Waals surface area contributed by atoms with Gasteiger partial charge in [0.1, 0.15) is 5.75 Å². The Morgan fingerprint density at radius 3 is 2.38 bits per heavy atom. The van der Waals surface area contributed by atoms with Crippen molar-refractivity contribution in [2.45, 2.75) is 25.2 Å². The Balaban J connectivity index is 1.22. The Morgan fingerprint density at radius 2 is 1.69 bits per heavy atom. The number of amides is 2. The molecule has 0 fully saturated rings. The summed E-state index contributed by atoms with van der Waals surface area (Å²) < 4.78 is 11.2. The number of nitrogens with zero attached hydrogens (tertiary/aromatic N) is 3.